The number of nitrogens with two attached hydrogens (primary N) is 1. The average Bonchev–Trinajstić information content (AvgIpc) is 2.36. The smallest absolute Gasteiger partial charge is 0.244 e. The number of aliphatic hydroxyl groups is 1. The minimum absolute atomic E-state index is 0.0177. The molecule has 0 amide bonds. The fourth-order valence-electron chi connectivity index (χ4n) is 1.39. The Morgan fingerprint density at radius 1 is 1.50 bits per heavy atom. The first-order chi connectivity index (χ1) is 8.34. The lowest BCUT2D eigenvalue weighted by Gasteiger charge is -2.23. The van der Waals surface area contributed by atoms with E-state index in [1.165, 1.54) is 19.2 Å². The van der Waals surface area contributed by atoms with Crippen LogP contribution >= 0.6 is 11.6 Å². The Morgan fingerprint density at radius 2 is 2.11 bits per heavy atom. The van der Waals surface area contributed by atoms with Gasteiger partial charge >= 0.3 is 0 Å². The maximum atomic E-state index is 12.3. The van der Waals surface area contributed by atoms with Crippen molar-refractivity contribution in [3.8, 4) is 0 Å². The maximum absolute atomic E-state index is 12.3. The zero-order chi connectivity index (χ0) is 13.9. The van der Waals surface area contributed by atoms with Crippen LogP contribution in [-0.4, -0.2) is 37.5 Å². The molecule has 1 atom stereocenters. The molecule has 0 bridgehead atoms. The van der Waals surface area contributed by atoms with Gasteiger partial charge in [-0.25, -0.2) is 8.42 Å². The minimum Gasteiger partial charge on any atom is -0.395 e. The van der Waals surface area contributed by atoms with E-state index in [1.807, 2.05) is 0 Å². The first-order valence-corrected chi connectivity index (χ1v) is 7.23. The van der Waals surface area contributed by atoms with Crippen LogP contribution in [0.2, 0.25) is 5.02 Å². The highest BCUT2D eigenvalue weighted by Gasteiger charge is 2.27. The molecule has 0 aliphatic rings. The molecule has 0 radical (unpaired) electrons. The van der Waals surface area contributed by atoms with E-state index >= 15 is 0 Å². The summed E-state index contributed by atoms with van der Waals surface area (Å²) in [6.07, 6.45) is 0. The van der Waals surface area contributed by atoms with E-state index in [2.05, 4.69) is 0 Å². The number of hydrogen-bond donors (Lipinski definition) is 2. The molecule has 0 aliphatic heterocycles. The van der Waals surface area contributed by atoms with Crippen LogP contribution in [0.4, 0.5) is 0 Å². The Balaban J connectivity index is 3.21. The van der Waals surface area contributed by atoms with Gasteiger partial charge in [-0.2, -0.15) is 4.31 Å². The normalized spacial score (nSPS) is 13.9. The molecule has 1 rings (SSSR count). The van der Waals surface area contributed by atoms with Gasteiger partial charge in [0.25, 0.3) is 0 Å². The lowest BCUT2D eigenvalue weighted by Crippen LogP contribution is -2.37. The number of benzene rings is 1. The second-order valence-corrected chi connectivity index (χ2v) is 6.39. The van der Waals surface area contributed by atoms with Crippen molar-refractivity contribution in [1.29, 1.82) is 0 Å². The summed E-state index contributed by atoms with van der Waals surface area (Å²) in [6, 6.07) is 4.07. The molecule has 5 nitrogen and oxygen atoms in total. The average molecular weight is 293 g/mol. The highest BCUT2D eigenvalue weighted by Crippen LogP contribution is 2.26. The van der Waals surface area contributed by atoms with Gasteiger partial charge in [-0.15, -0.1) is 0 Å². The molecule has 0 fully saturated rings. The monoisotopic (exact) mass is 292 g/mol. The van der Waals surface area contributed by atoms with Crippen LogP contribution in [0.15, 0.2) is 23.1 Å². The first-order valence-electron chi connectivity index (χ1n) is 5.42. The summed E-state index contributed by atoms with van der Waals surface area (Å²) in [6.45, 7) is 1.65. The Morgan fingerprint density at radius 3 is 2.56 bits per heavy atom. The molecule has 0 saturated heterocycles. The lowest BCUT2D eigenvalue weighted by molar-refractivity contribution is 0.214. The van der Waals surface area contributed by atoms with E-state index in [9.17, 15) is 8.42 Å². The van der Waals surface area contributed by atoms with E-state index in [1.54, 1.807) is 13.0 Å². The third kappa shape index (κ3) is 3.02. The van der Waals surface area contributed by atoms with Crippen molar-refractivity contribution in [2.45, 2.75) is 24.4 Å². The van der Waals surface area contributed by atoms with Crippen molar-refractivity contribution in [2.75, 3.05) is 13.7 Å². The number of aliphatic hydroxyl groups excluding tert-OH is 1. The predicted molar refractivity (Wildman–Crippen MR) is 70.8 cm³/mol. The molecule has 3 N–H and O–H groups in total. The van der Waals surface area contributed by atoms with Gasteiger partial charge in [-0.1, -0.05) is 17.7 Å². The molecule has 7 heteroatoms. The summed E-state index contributed by atoms with van der Waals surface area (Å²) in [4.78, 5) is 0.0177. The second kappa shape index (κ2) is 5.99. The first kappa shape index (κ1) is 15.4. The number of halogens is 1. The summed E-state index contributed by atoms with van der Waals surface area (Å²) >= 11 is 5.96. The van der Waals surface area contributed by atoms with E-state index in [0.717, 1.165) is 9.87 Å². The van der Waals surface area contributed by atoms with Crippen LogP contribution in [0.3, 0.4) is 0 Å². The molecule has 1 aromatic rings. The number of rotatable bonds is 5. The SMILES string of the molecule is CC(CO)N(C)S(=O)(=O)c1ccc(CN)cc1Cl. The Kier molecular flexibility index (Phi) is 5.12. The molecule has 0 heterocycles. The van der Waals surface area contributed by atoms with E-state index in [4.69, 9.17) is 22.4 Å². The molecular formula is C11H17ClN2O3S. The molecule has 1 unspecified atom stereocenters. The zero-order valence-electron chi connectivity index (χ0n) is 10.3. The van der Waals surface area contributed by atoms with Crippen molar-refractivity contribution in [2.24, 2.45) is 5.73 Å². The van der Waals surface area contributed by atoms with Crippen LogP contribution in [0.25, 0.3) is 0 Å². The van der Waals surface area contributed by atoms with E-state index < -0.39 is 16.1 Å². The molecule has 1 aromatic carbocycles. The van der Waals surface area contributed by atoms with Crippen molar-refractivity contribution < 1.29 is 13.5 Å². The van der Waals surface area contributed by atoms with Crippen LogP contribution in [0.1, 0.15) is 12.5 Å². The molecule has 0 saturated carbocycles. The van der Waals surface area contributed by atoms with Gasteiger partial charge in [0.2, 0.25) is 10.0 Å². The minimum atomic E-state index is -3.71. The second-order valence-electron chi connectivity index (χ2n) is 4.02. The third-order valence-corrected chi connectivity index (χ3v) is 5.23. The summed E-state index contributed by atoms with van der Waals surface area (Å²) in [5.74, 6) is 0. The number of sulfonamides is 1. The topological polar surface area (TPSA) is 83.6 Å². The quantitative estimate of drug-likeness (QED) is 0.841. The maximum Gasteiger partial charge on any atom is 0.244 e. The summed E-state index contributed by atoms with van der Waals surface area (Å²) < 4.78 is 25.6. The molecular weight excluding hydrogens is 276 g/mol. The standard InChI is InChI=1S/C11H17ClN2O3S/c1-8(7-15)14(2)18(16,17)11-4-3-9(6-13)5-10(11)12/h3-5,8,15H,6-7,13H2,1-2H3. The van der Waals surface area contributed by atoms with Crippen LogP contribution in [0.5, 0.6) is 0 Å². The summed E-state index contributed by atoms with van der Waals surface area (Å²) in [5, 5.41) is 9.15. The van der Waals surface area contributed by atoms with Crippen molar-refractivity contribution >= 4 is 21.6 Å². The highest BCUT2D eigenvalue weighted by atomic mass is 35.5. The van der Waals surface area contributed by atoms with Crippen molar-refractivity contribution in [3.63, 3.8) is 0 Å². The number of hydrogen-bond acceptors (Lipinski definition) is 4. The van der Waals surface area contributed by atoms with Gasteiger partial charge in [0.05, 0.1) is 11.6 Å². The van der Waals surface area contributed by atoms with Gasteiger partial charge in [-0.3, -0.25) is 0 Å². The molecule has 18 heavy (non-hydrogen) atoms. The van der Waals surface area contributed by atoms with E-state index in [-0.39, 0.29) is 16.5 Å². The van der Waals surface area contributed by atoms with Crippen molar-refractivity contribution in [1.82, 2.24) is 4.31 Å². The number of likely N-dealkylation sites (N-methyl/N-ethyl adjacent to an activating group) is 1. The van der Waals surface area contributed by atoms with Gasteiger partial charge in [0.1, 0.15) is 4.90 Å². The fourth-order valence-corrected chi connectivity index (χ4v) is 3.28. The Labute approximate surface area is 112 Å². The fraction of sp³-hybridized carbons (Fsp3) is 0.455. The molecule has 0 aromatic heterocycles. The van der Waals surface area contributed by atoms with Crippen LogP contribution < -0.4 is 5.73 Å². The summed E-state index contributed by atoms with van der Waals surface area (Å²) in [7, 11) is -2.30. The molecule has 0 spiro atoms. The van der Waals surface area contributed by atoms with Crippen LogP contribution in [0, 0.1) is 0 Å². The van der Waals surface area contributed by atoms with E-state index in [0.29, 0.717) is 6.54 Å². The number of nitrogens with zero attached hydrogens (tertiary/aromatic N) is 1. The third-order valence-electron chi connectivity index (χ3n) is 2.77. The van der Waals surface area contributed by atoms with Crippen LogP contribution in [-0.2, 0) is 16.6 Å². The molecule has 102 valence electrons. The van der Waals surface area contributed by atoms with Crippen molar-refractivity contribution in [3.05, 3.63) is 28.8 Å². The van der Waals surface area contributed by atoms with Gasteiger partial charge in [0, 0.05) is 19.6 Å². The Hall–Kier alpha value is -0.660. The van der Waals surface area contributed by atoms with Gasteiger partial charge in [-0.05, 0) is 24.6 Å². The summed E-state index contributed by atoms with van der Waals surface area (Å²) in [5.41, 5.74) is 6.22. The Bertz CT molecular complexity index is 519. The molecule has 0 aliphatic carbocycles. The highest BCUT2D eigenvalue weighted by molar-refractivity contribution is 7.89. The van der Waals surface area contributed by atoms with Gasteiger partial charge in [0.15, 0.2) is 0 Å². The largest absolute Gasteiger partial charge is 0.395 e. The lowest BCUT2D eigenvalue weighted by atomic mass is 10.2. The predicted octanol–water partition coefficient (Wildman–Crippen LogP) is 0.800. The zero-order valence-corrected chi connectivity index (χ0v) is 11.9. The van der Waals surface area contributed by atoms with Gasteiger partial charge < -0.3 is 10.8 Å².